The lowest BCUT2D eigenvalue weighted by Crippen LogP contribution is -2.30. The van der Waals surface area contributed by atoms with Crippen LogP contribution in [0.25, 0.3) is 0 Å². The van der Waals surface area contributed by atoms with Crippen LogP contribution in [0.1, 0.15) is 22.9 Å². The number of nitrogens with one attached hydrogen (secondary N) is 1. The molecule has 0 saturated heterocycles. The summed E-state index contributed by atoms with van der Waals surface area (Å²) < 4.78 is 0. The van der Waals surface area contributed by atoms with Gasteiger partial charge in [-0.25, -0.2) is 0 Å². The van der Waals surface area contributed by atoms with Crippen LogP contribution in [0.2, 0.25) is 5.02 Å². The number of rotatable bonds is 2. The highest BCUT2D eigenvalue weighted by Crippen LogP contribution is 2.34. The maximum absolute atomic E-state index is 13.1. The molecule has 0 spiro atoms. The molecule has 6 nitrogen and oxygen atoms in total. The van der Waals surface area contributed by atoms with Crippen LogP contribution in [-0.4, -0.2) is 28.9 Å². The highest BCUT2D eigenvalue weighted by atomic mass is 35.5. The van der Waals surface area contributed by atoms with Gasteiger partial charge < -0.3 is 10.6 Å². The second-order valence-corrected chi connectivity index (χ2v) is 6.49. The van der Waals surface area contributed by atoms with Crippen molar-refractivity contribution in [3.8, 4) is 0 Å². The number of aromatic nitrogens is 2. The van der Waals surface area contributed by atoms with Crippen molar-refractivity contribution in [2.45, 2.75) is 6.04 Å². The number of aliphatic imine (C=N–C) groups is 1. The summed E-state index contributed by atoms with van der Waals surface area (Å²) in [4.78, 5) is 19.5. The summed E-state index contributed by atoms with van der Waals surface area (Å²) in [5.41, 5.74) is 9.41. The number of benzene rings is 2. The number of carbonyl (C=O) groups is 1. The van der Waals surface area contributed by atoms with Crippen LogP contribution in [0.3, 0.4) is 0 Å². The highest BCUT2D eigenvalue weighted by Gasteiger charge is 2.32. The number of fused-ring (bicyclic) bond motifs is 1. The lowest BCUT2D eigenvalue weighted by molar-refractivity contribution is -0.119. The van der Waals surface area contributed by atoms with E-state index in [0.717, 1.165) is 16.8 Å². The van der Waals surface area contributed by atoms with Crippen molar-refractivity contribution in [3.63, 3.8) is 0 Å². The Morgan fingerprint density at radius 1 is 1.15 bits per heavy atom. The summed E-state index contributed by atoms with van der Waals surface area (Å²) in [7, 11) is 1.73. The molecule has 4 rings (SSSR count). The zero-order valence-corrected chi connectivity index (χ0v) is 14.7. The summed E-state index contributed by atoms with van der Waals surface area (Å²) in [6.07, 6.45) is 0. The van der Waals surface area contributed by atoms with Crippen molar-refractivity contribution in [1.82, 2.24) is 10.2 Å². The van der Waals surface area contributed by atoms with E-state index in [1.54, 1.807) is 24.1 Å². The number of hydrogen-bond acceptors (Lipinski definition) is 4. The van der Waals surface area contributed by atoms with E-state index in [2.05, 4.69) is 10.2 Å². The zero-order valence-electron chi connectivity index (χ0n) is 14.0. The van der Waals surface area contributed by atoms with Crippen LogP contribution in [0.15, 0.2) is 59.6 Å². The van der Waals surface area contributed by atoms with Gasteiger partial charge in [-0.05, 0) is 18.2 Å². The van der Waals surface area contributed by atoms with Crippen LogP contribution in [0, 0.1) is 0 Å². The van der Waals surface area contributed by atoms with Crippen molar-refractivity contribution >= 4 is 34.7 Å². The minimum absolute atomic E-state index is 0.178. The zero-order chi connectivity index (χ0) is 18.3. The fourth-order valence-corrected chi connectivity index (χ4v) is 3.24. The van der Waals surface area contributed by atoms with Crippen LogP contribution in [0.4, 0.5) is 11.5 Å². The lowest BCUT2D eigenvalue weighted by Gasteiger charge is -2.20. The number of aromatic amines is 1. The van der Waals surface area contributed by atoms with Gasteiger partial charge in [0.1, 0.15) is 5.82 Å². The normalized spacial score (nSPS) is 16.8. The van der Waals surface area contributed by atoms with Crippen molar-refractivity contribution in [2.75, 3.05) is 17.7 Å². The van der Waals surface area contributed by atoms with Crippen LogP contribution in [0.5, 0.6) is 0 Å². The van der Waals surface area contributed by atoms with E-state index in [1.807, 2.05) is 42.5 Å². The second kappa shape index (κ2) is 6.31. The number of nitrogen functional groups attached to an aromatic ring is 1. The highest BCUT2D eigenvalue weighted by molar-refractivity contribution is 6.32. The predicted octanol–water partition coefficient (Wildman–Crippen LogP) is 3.20. The van der Waals surface area contributed by atoms with Crippen molar-refractivity contribution in [2.24, 2.45) is 4.99 Å². The number of H-pyrrole nitrogens is 1. The number of nitrogens with two attached hydrogens (primary N) is 1. The molecule has 0 radical (unpaired) electrons. The monoisotopic (exact) mass is 365 g/mol. The third kappa shape index (κ3) is 2.74. The first-order chi connectivity index (χ1) is 12.5. The maximum atomic E-state index is 13.1. The summed E-state index contributed by atoms with van der Waals surface area (Å²) in [6.45, 7) is 0. The van der Waals surface area contributed by atoms with E-state index in [-0.39, 0.29) is 5.91 Å². The summed E-state index contributed by atoms with van der Waals surface area (Å²) in [6, 6.07) is 16.0. The molecular formula is C19H16ClN5O. The van der Waals surface area contributed by atoms with E-state index in [9.17, 15) is 4.79 Å². The molecule has 3 N–H and O–H groups in total. The average Bonchev–Trinajstić information content (AvgIpc) is 3.04. The first-order valence-corrected chi connectivity index (χ1v) is 8.44. The molecule has 1 aromatic heterocycles. The summed E-state index contributed by atoms with van der Waals surface area (Å²) in [5.74, 6) is 0.139. The molecule has 26 heavy (non-hydrogen) atoms. The predicted molar refractivity (Wildman–Crippen MR) is 103 cm³/mol. The van der Waals surface area contributed by atoms with Crippen LogP contribution < -0.4 is 10.6 Å². The summed E-state index contributed by atoms with van der Waals surface area (Å²) in [5, 5.41) is 7.32. The van der Waals surface area contributed by atoms with Gasteiger partial charge in [0.05, 0.1) is 17.1 Å². The third-order valence-electron chi connectivity index (χ3n) is 4.36. The van der Waals surface area contributed by atoms with Gasteiger partial charge in [0.2, 0.25) is 0 Å². The third-order valence-corrected chi connectivity index (χ3v) is 4.59. The molecule has 0 bridgehead atoms. The van der Waals surface area contributed by atoms with Gasteiger partial charge in [-0.2, -0.15) is 5.10 Å². The first-order valence-electron chi connectivity index (χ1n) is 8.06. The molecule has 0 fully saturated rings. The van der Waals surface area contributed by atoms with E-state index in [1.165, 1.54) is 0 Å². The van der Waals surface area contributed by atoms with Crippen molar-refractivity contribution in [3.05, 3.63) is 76.4 Å². The molecule has 0 saturated carbocycles. The number of hydrogen-bond donors (Lipinski definition) is 2. The van der Waals surface area contributed by atoms with Gasteiger partial charge in [0.25, 0.3) is 5.91 Å². The van der Waals surface area contributed by atoms with E-state index >= 15 is 0 Å². The van der Waals surface area contributed by atoms with Crippen molar-refractivity contribution < 1.29 is 4.79 Å². The number of anilines is 2. The van der Waals surface area contributed by atoms with Crippen molar-refractivity contribution in [1.29, 1.82) is 0 Å². The Bertz CT molecular complexity index is 1010. The fourth-order valence-electron chi connectivity index (χ4n) is 3.07. The van der Waals surface area contributed by atoms with E-state index in [0.29, 0.717) is 22.2 Å². The number of benzodiazepines with no additional fused rings is 1. The molecule has 3 aromatic rings. The van der Waals surface area contributed by atoms with Gasteiger partial charge in [-0.3, -0.25) is 14.9 Å². The summed E-state index contributed by atoms with van der Waals surface area (Å²) >= 11 is 6.23. The Morgan fingerprint density at radius 2 is 1.92 bits per heavy atom. The first kappa shape index (κ1) is 16.4. The van der Waals surface area contributed by atoms with Crippen LogP contribution >= 0.6 is 11.6 Å². The molecular weight excluding hydrogens is 350 g/mol. The molecule has 1 unspecified atom stereocenters. The Hall–Kier alpha value is -3.12. The topological polar surface area (TPSA) is 87.4 Å². The van der Waals surface area contributed by atoms with Gasteiger partial charge in [0, 0.05) is 29.3 Å². The standard InChI is InChI=1S/C19H16ClN5O/c1-25-15-8-7-12(20)9-13(15)17(11-5-3-2-4-6-11)22-18(19(25)26)14-10-16(21)24-23-14/h2-10,18H,1H3,(H3,21,23,24). The molecule has 2 heterocycles. The minimum atomic E-state index is -0.772. The molecule has 130 valence electrons. The number of likely N-dealkylation sites (N-methyl/N-ethyl adjacent to an activating group) is 1. The largest absolute Gasteiger partial charge is 0.382 e. The molecule has 1 amide bonds. The Kier molecular flexibility index (Phi) is 3.97. The Balaban J connectivity index is 1.98. The molecule has 1 aliphatic heterocycles. The Morgan fingerprint density at radius 3 is 2.62 bits per heavy atom. The molecule has 1 aliphatic rings. The average molecular weight is 366 g/mol. The second-order valence-electron chi connectivity index (χ2n) is 6.05. The number of nitrogens with zero attached hydrogens (tertiary/aromatic N) is 3. The lowest BCUT2D eigenvalue weighted by atomic mass is 10.0. The van der Waals surface area contributed by atoms with Gasteiger partial charge in [-0.1, -0.05) is 41.9 Å². The maximum Gasteiger partial charge on any atom is 0.257 e. The molecule has 1 atom stereocenters. The van der Waals surface area contributed by atoms with E-state index < -0.39 is 6.04 Å². The molecule has 7 heteroatoms. The smallest absolute Gasteiger partial charge is 0.257 e. The Labute approximate surface area is 155 Å². The molecule has 2 aromatic carbocycles. The van der Waals surface area contributed by atoms with E-state index in [4.69, 9.17) is 22.3 Å². The SMILES string of the molecule is CN1C(=O)C(c2cc(N)n[nH]2)N=C(c2ccccc2)c2cc(Cl)ccc21. The van der Waals surface area contributed by atoms with Gasteiger partial charge in [-0.15, -0.1) is 0 Å². The fraction of sp³-hybridized carbons (Fsp3) is 0.105. The van der Waals surface area contributed by atoms with Gasteiger partial charge in [0.15, 0.2) is 6.04 Å². The minimum Gasteiger partial charge on any atom is -0.382 e. The number of carbonyl (C=O) groups excluding carboxylic acids is 1. The number of amides is 1. The van der Waals surface area contributed by atoms with Gasteiger partial charge >= 0.3 is 0 Å². The number of halogens is 1. The quantitative estimate of drug-likeness (QED) is 0.731. The van der Waals surface area contributed by atoms with Crippen LogP contribution in [-0.2, 0) is 4.79 Å². The molecule has 0 aliphatic carbocycles.